The van der Waals surface area contributed by atoms with E-state index >= 15 is 0 Å². The number of carbonyl (C=O) groups is 2. The fraction of sp³-hybridized carbons (Fsp3) is 0.722. The smallest absolute Gasteiger partial charge is 0.243 e. The van der Waals surface area contributed by atoms with Gasteiger partial charge in [-0.15, -0.1) is 0 Å². The number of likely N-dealkylation sites (tertiary alicyclic amines) is 2. The zero-order chi connectivity index (χ0) is 16.9. The molecule has 6 heteroatoms. The van der Waals surface area contributed by atoms with Crippen LogP contribution in [0.15, 0.2) is 18.7 Å². The van der Waals surface area contributed by atoms with Crippen molar-refractivity contribution in [2.45, 2.75) is 70.6 Å². The molecular formula is C18H26N4O2. The van der Waals surface area contributed by atoms with Crippen LogP contribution in [0, 0.1) is 5.41 Å². The molecule has 2 aliphatic heterocycles. The van der Waals surface area contributed by atoms with Gasteiger partial charge in [-0.05, 0) is 19.3 Å². The highest BCUT2D eigenvalue weighted by molar-refractivity contribution is 5.78. The van der Waals surface area contributed by atoms with E-state index in [0.29, 0.717) is 13.1 Å². The second-order valence-corrected chi connectivity index (χ2v) is 7.89. The monoisotopic (exact) mass is 330 g/mol. The van der Waals surface area contributed by atoms with Crippen molar-refractivity contribution in [3.8, 4) is 0 Å². The number of hydrogen-bond donors (Lipinski definition) is 0. The van der Waals surface area contributed by atoms with Gasteiger partial charge in [-0.2, -0.15) is 0 Å². The Bertz CT molecular complexity index is 643. The molecule has 0 radical (unpaired) electrons. The standard InChI is InChI=1S/C18H26N4O2/c1-13(23)21-10-14-9-18(2)15(21)5-3-4-6-16(18)22(14)17(24)11-20-8-7-19-12-20/h7-8,12,14-16H,3-6,9-11H2,1-2H3/t14-,15+,16-,18+/m0/s1. The van der Waals surface area contributed by atoms with Crippen molar-refractivity contribution in [1.82, 2.24) is 19.4 Å². The molecule has 3 fully saturated rings. The Kier molecular flexibility index (Phi) is 3.66. The van der Waals surface area contributed by atoms with Gasteiger partial charge in [0.05, 0.1) is 12.4 Å². The van der Waals surface area contributed by atoms with Crippen LogP contribution >= 0.6 is 0 Å². The molecule has 2 amide bonds. The Morgan fingerprint density at radius 1 is 1.25 bits per heavy atom. The van der Waals surface area contributed by atoms with E-state index in [1.807, 2.05) is 10.8 Å². The summed E-state index contributed by atoms with van der Waals surface area (Å²) in [4.78, 5) is 33.5. The largest absolute Gasteiger partial charge is 0.337 e. The molecule has 0 spiro atoms. The summed E-state index contributed by atoms with van der Waals surface area (Å²) < 4.78 is 1.84. The summed E-state index contributed by atoms with van der Waals surface area (Å²) in [6.07, 6.45) is 10.7. The lowest BCUT2D eigenvalue weighted by Gasteiger charge is -2.46. The number of carbonyl (C=O) groups excluding carboxylic acids is 2. The van der Waals surface area contributed by atoms with Gasteiger partial charge in [0.2, 0.25) is 11.8 Å². The lowest BCUT2D eigenvalue weighted by Crippen LogP contribution is -2.55. The van der Waals surface area contributed by atoms with Crippen LogP contribution in [0.25, 0.3) is 0 Å². The van der Waals surface area contributed by atoms with Crippen LogP contribution < -0.4 is 0 Å². The minimum atomic E-state index is 0.0374. The van der Waals surface area contributed by atoms with Gasteiger partial charge in [-0.25, -0.2) is 4.98 Å². The van der Waals surface area contributed by atoms with E-state index in [4.69, 9.17) is 0 Å². The Hall–Kier alpha value is -1.85. The number of aromatic nitrogens is 2. The third kappa shape index (κ3) is 2.26. The molecule has 1 aromatic heterocycles. The van der Waals surface area contributed by atoms with Crippen molar-refractivity contribution in [3.63, 3.8) is 0 Å². The summed E-state index contributed by atoms with van der Waals surface area (Å²) in [7, 11) is 0. The molecule has 2 bridgehead atoms. The van der Waals surface area contributed by atoms with E-state index in [9.17, 15) is 9.59 Å². The summed E-state index contributed by atoms with van der Waals surface area (Å²) in [5, 5.41) is 0. The van der Waals surface area contributed by atoms with Crippen LogP contribution in [0.3, 0.4) is 0 Å². The number of imidazole rings is 1. The van der Waals surface area contributed by atoms with E-state index in [1.54, 1.807) is 19.4 Å². The van der Waals surface area contributed by atoms with E-state index in [0.717, 1.165) is 32.1 Å². The molecule has 130 valence electrons. The quantitative estimate of drug-likeness (QED) is 0.829. The Morgan fingerprint density at radius 2 is 2.00 bits per heavy atom. The van der Waals surface area contributed by atoms with Crippen molar-refractivity contribution >= 4 is 11.8 Å². The average molecular weight is 330 g/mol. The summed E-state index contributed by atoms with van der Waals surface area (Å²) in [5.74, 6) is 0.318. The molecule has 4 rings (SSSR count). The summed E-state index contributed by atoms with van der Waals surface area (Å²) >= 11 is 0. The zero-order valence-electron chi connectivity index (χ0n) is 14.5. The molecule has 24 heavy (non-hydrogen) atoms. The van der Waals surface area contributed by atoms with E-state index in [2.05, 4.69) is 21.7 Å². The molecule has 3 heterocycles. The van der Waals surface area contributed by atoms with Crippen LogP contribution in [-0.2, 0) is 16.1 Å². The highest BCUT2D eigenvalue weighted by Crippen LogP contribution is 2.53. The maximum Gasteiger partial charge on any atom is 0.243 e. The van der Waals surface area contributed by atoms with Crippen molar-refractivity contribution in [2.24, 2.45) is 5.41 Å². The number of fused-ring (bicyclic) bond motifs is 1. The van der Waals surface area contributed by atoms with Crippen LogP contribution in [0.5, 0.6) is 0 Å². The fourth-order valence-corrected chi connectivity index (χ4v) is 5.51. The first-order chi connectivity index (χ1) is 11.5. The van der Waals surface area contributed by atoms with Gasteiger partial charge >= 0.3 is 0 Å². The molecule has 4 atom stereocenters. The maximum atomic E-state index is 13.1. The van der Waals surface area contributed by atoms with Crippen molar-refractivity contribution in [2.75, 3.05) is 6.54 Å². The molecule has 0 N–H and O–H groups in total. The van der Waals surface area contributed by atoms with Crippen LogP contribution in [0.1, 0.15) is 46.0 Å². The summed E-state index contributed by atoms with van der Waals surface area (Å²) in [6, 6.07) is 0.703. The topological polar surface area (TPSA) is 58.4 Å². The lowest BCUT2D eigenvalue weighted by atomic mass is 9.71. The van der Waals surface area contributed by atoms with Crippen molar-refractivity contribution in [3.05, 3.63) is 18.7 Å². The van der Waals surface area contributed by atoms with Gasteiger partial charge in [0.15, 0.2) is 0 Å². The molecule has 1 saturated carbocycles. The van der Waals surface area contributed by atoms with Crippen LogP contribution in [-0.4, -0.2) is 55.8 Å². The van der Waals surface area contributed by atoms with Gasteiger partial charge < -0.3 is 14.4 Å². The predicted molar refractivity (Wildman–Crippen MR) is 89.0 cm³/mol. The zero-order valence-corrected chi connectivity index (χ0v) is 14.5. The fourth-order valence-electron chi connectivity index (χ4n) is 5.51. The average Bonchev–Trinajstić information content (AvgIpc) is 3.07. The first kappa shape index (κ1) is 15.7. The third-order valence-corrected chi connectivity index (χ3v) is 6.49. The van der Waals surface area contributed by atoms with Crippen molar-refractivity contribution in [1.29, 1.82) is 0 Å². The second kappa shape index (κ2) is 5.60. The Morgan fingerprint density at radius 3 is 2.67 bits per heavy atom. The Labute approximate surface area is 142 Å². The maximum absolute atomic E-state index is 13.1. The van der Waals surface area contributed by atoms with Gasteiger partial charge in [-0.3, -0.25) is 9.59 Å². The number of amides is 2. The Balaban J connectivity index is 1.66. The third-order valence-electron chi connectivity index (χ3n) is 6.49. The van der Waals surface area contributed by atoms with Gasteiger partial charge in [0.25, 0.3) is 0 Å². The van der Waals surface area contributed by atoms with E-state index in [-0.39, 0.29) is 35.4 Å². The first-order valence-electron chi connectivity index (χ1n) is 9.05. The van der Waals surface area contributed by atoms with E-state index < -0.39 is 0 Å². The predicted octanol–water partition coefficient (Wildman–Crippen LogP) is 1.66. The van der Waals surface area contributed by atoms with Gasteiger partial charge in [0, 0.05) is 43.4 Å². The highest BCUT2D eigenvalue weighted by atomic mass is 16.2. The number of hydrogen-bond acceptors (Lipinski definition) is 3. The first-order valence-corrected chi connectivity index (χ1v) is 9.05. The normalized spacial score (nSPS) is 35.0. The molecule has 0 aromatic carbocycles. The van der Waals surface area contributed by atoms with Gasteiger partial charge in [-0.1, -0.05) is 19.8 Å². The van der Waals surface area contributed by atoms with Gasteiger partial charge in [0.1, 0.15) is 6.54 Å². The molecule has 6 nitrogen and oxygen atoms in total. The second-order valence-electron chi connectivity index (χ2n) is 7.89. The molecule has 1 aliphatic carbocycles. The minimum absolute atomic E-state index is 0.0374. The van der Waals surface area contributed by atoms with Crippen LogP contribution in [0.2, 0.25) is 0 Å². The minimum Gasteiger partial charge on any atom is -0.337 e. The molecular weight excluding hydrogens is 304 g/mol. The summed E-state index contributed by atoms with van der Waals surface area (Å²) in [5.41, 5.74) is 0.0374. The molecule has 2 saturated heterocycles. The van der Waals surface area contributed by atoms with Crippen LogP contribution in [0.4, 0.5) is 0 Å². The van der Waals surface area contributed by atoms with Crippen molar-refractivity contribution < 1.29 is 9.59 Å². The molecule has 3 aliphatic rings. The van der Waals surface area contributed by atoms with E-state index in [1.165, 1.54) is 0 Å². The number of nitrogens with zero attached hydrogens (tertiary/aromatic N) is 4. The number of rotatable bonds is 2. The summed E-state index contributed by atoms with van der Waals surface area (Å²) in [6.45, 7) is 5.02. The highest BCUT2D eigenvalue weighted by Gasteiger charge is 2.60. The lowest BCUT2D eigenvalue weighted by molar-refractivity contribution is -0.138. The number of piperidine rings is 1. The SMILES string of the molecule is CC(=O)N1C[C@@H]2C[C@@]3(C)[C@H](CCCC[C@@H]13)N2C(=O)Cn1ccnc1. The molecule has 0 unspecified atom stereocenters. The molecule has 1 aromatic rings.